The highest BCUT2D eigenvalue weighted by Crippen LogP contribution is 2.02. The normalized spacial score (nSPS) is 10.1. The number of aliphatic hydroxyl groups excluding tert-OH is 2. The summed E-state index contributed by atoms with van der Waals surface area (Å²) in [5.74, 6) is -0.0747. The number of nitrogens with zero attached hydrogens (tertiary/aromatic N) is 1. The van der Waals surface area contributed by atoms with Crippen LogP contribution in [0.25, 0.3) is 0 Å². The summed E-state index contributed by atoms with van der Waals surface area (Å²) in [4.78, 5) is 13.3. The van der Waals surface area contributed by atoms with Gasteiger partial charge in [0.05, 0.1) is 19.6 Å². The van der Waals surface area contributed by atoms with Crippen LogP contribution in [0.4, 0.5) is 0 Å². The predicted octanol–water partition coefficient (Wildman–Crippen LogP) is 0.0423. The van der Waals surface area contributed by atoms with Crippen LogP contribution in [0.5, 0.6) is 0 Å². The van der Waals surface area contributed by atoms with Crippen molar-refractivity contribution in [3.8, 4) is 0 Å². The van der Waals surface area contributed by atoms with Crippen molar-refractivity contribution in [3.05, 3.63) is 35.9 Å². The first kappa shape index (κ1) is 12.7. The van der Waals surface area contributed by atoms with Crippen LogP contribution in [0, 0.1) is 0 Å². The molecule has 0 bridgehead atoms. The zero-order chi connectivity index (χ0) is 11.8. The highest BCUT2D eigenvalue weighted by molar-refractivity contribution is 5.78. The van der Waals surface area contributed by atoms with Gasteiger partial charge in [0.2, 0.25) is 5.91 Å². The second kappa shape index (κ2) is 6.98. The van der Waals surface area contributed by atoms with E-state index in [1.54, 1.807) is 0 Å². The fourth-order valence-electron chi connectivity index (χ4n) is 1.48. The number of carbonyl (C=O) groups excluding carboxylic acids is 1. The van der Waals surface area contributed by atoms with Crippen LogP contribution in [-0.4, -0.2) is 47.3 Å². The maximum Gasteiger partial charge on any atom is 0.227 e. The molecule has 0 aliphatic heterocycles. The molecule has 1 aromatic rings. The quantitative estimate of drug-likeness (QED) is 0.716. The highest BCUT2D eigenvalue weighted by Gasteiger charge is 2.12. The molecule has 88 valence electrons. The van der Waals surface area contributed by atoms with E-state index < -0.39 is 0 Å². The number of rotatable bonds is 6. The first-order valence-corrected chi connectivity index (χ1v) is 5.31. The summed E-state index contributed by atoms with van der Waals surface area (Å²) in [6.07, 6.45) is 0.306. The van der Waals surface area contributed by atoms with Crippen LogP contribution in [0.2, 0.25) is 0 Å². The largest absolute Gasteiger partial charge is 0.395 e. The average Bonchev–Trinajstić information content (AvgIpc) is 2.30. The third-order valence-corrected chi connectivity index (χ3v) is 2.29. The van der Waals surface area contributed by atoms with Gasteiger partial charge in [-0.05, 0) is 5.56 Å². The summed E-state index contributed by atoms with van der Waals surface area (Å²) in [5.41, 5.74) is 0.938. The monoisotopic (exact) mass is 223 g/mol. The molecule has 0 aromatic heterocycles. The van der Waals surface area contributed by atoms with E-state index in [1.807, 2.05) is 30.3 Å². The molecule has 0 saturated heterocycles. The van der Waals surface area contributed by atoms with Crippen LogP contribution in [-0.2, 0) is 11.2 Å². The lowest BCUT2D eigenvalue weighted by Crippen LogP contribution is -2.36. The molecule has 0 fully saturated rings. The summed E-state index contributed by atoms with van der Waals surface area (Å²) in [6, 6.07) is 9.42. The second-order valence-corrected chi connectivity index (χ2v) is 3.49. The number of hydrogen-bond donors (Lipinski definition) is 2. The van der Waals surface area contributed by atoms with Crippen LogP contribution in [0.15, 0.2) is 30.3 Å². The molecule has 0 atom stereocenters. The first-order valence-electron chi connectivity index (χ1n) is 5.31. The zero-order valence-corrected chi connectivity index (χ0v) is 9.17. The predicted molar refractivity (Wildman–Crippen MR) is 60.9 cm³/mol. The van der Waals surface area contributed by atoms with Gasteiger partial charge in [0.25, 0.3) is 0 Å². The summed E-state index contributed by atoms with van der Waals surface area (Å²) >= 11 is 0. The van der Waals surface area contributed by atoms with Gasteiger partial charge < -0.3 is 15.1 Å². The summed E-state index contributed by atoms with van der Waals surface area (Å²) in [7, 11) is 0. The Morgan fingerprint density at radius 1 is 1.06 bits per heavy atom. The van der Waals surface area contributed by atoms with Crippen molar-refractivity contribution in [2.75, 3.05) is 26.3 Å². The second-order valence-electron chi connectivity index (χ2n) is 3.49. The molecule has 0 saturated carbocycles. The van der Waals surface area contributed by atoms with Gasteiger partial charge in [-0.1, -0.05) is 30.3 Å². The SMILES string of the molecule is O=C(Cc1ccccc1)N(CCO)CCO. The van der Waals surface area contributed by atoms with E-state index >= 15 is 0 Å². The van der Waals surface area contributed by atoms with Crippen LogP contribution < -0.4 is 0 Å². The fourth-order valence-corrected chi connectivity index (χ4v) is 1.48. The molecular formula is C12H17NO3. The number of aliphatic hydroxyl groups is 2. The molecule has 0 heterocycles. The van der Waals surface area contributed by atoms with Crippen molar-refractivity contribution in [1.29, 1.82) is 0 Å². The Balaban J connectivity index is 2.55. The molecule has 0 aliphatic rings. The Kier molecular flexibility index (Phi) is 5.53. The molecule has 1 aromatic carbocycles. The van der Waals surface area contributed by atoms with Crippen molar-refractivity contribution in [3.63, 3.8) is 0 Å². The molecule has 0 unspecified atom stereocenters. The van der Waals surface area contributed by atoms with E-state index in [9.17, 15) is 4.79 Å². The summed E-state index contributed by atoms with van der Waals surface area (Å²) < 4.78 is 0. The average molecular weight is 223 g/mol. The van der Waals surface area contributed by atoms with Crippen molar-refractivity contribution >= 4 is 5.91 Å². The topological polar surface area (TPSA) is 60.8 Å². The minimum atomic E-state index is -0.0828. The Morgan fingerprint density at radius 2 is 1.62 bits per heavy atom. The fraction of sp³-hybridized carbons (Fsp3) is 0.417. The van der Waals surface area contributed by atoms with Crippen LogP contribution in [0.3, 0.4) is 0 Å². The lowest BCUT2D eigenvalue weighted by molar-refractivity contribution is -0.131. The van der Waals surface area contributed by atoms with Crippen LogP contribution >= 0.6 is 0 Å². The van der Waals surface area contributed by atoms with E-state index in [0.29, 0.717) is 6.42 Å². The zero-order valence-electron chi connectivity index (χ0n) is 9.17. The smallest absolute Gasteiger partial charge is 0.227 e. The summed E-state index contributed by atoms with van der Waals surface area (Å²) in [6.45, 7) is 0.375. The van der Waals surface area contributed by atoms with Gasteiger partial charge in [0.15, 0.2) is 0 Å². The Hall–Kier alpha value is -1.39. The highest BCUT2D eigenvalue weighted by atomic mass is 16.3. The standard InChI is InChI=1S/C12H17NO3/c14-8-6-13(7-9-15)12(16)10-11-4-2-1-3-5-11/h1-5,14-15H,6-10H2. The molecule has 0 radical (unpaired) electrons. The lowest BCUT2D eigenvalue weighted by atomic mass is 10.1. The molecular weight excluding hydrogens is 206 g/mol. The van der Waals surface area contributed by atoms with Gasteiger partial charge >= 0.3 is 0 Å². The minimum Gasteiger partial charge on any atom is -0.395 e. The van der Waals surface area contributed by atoms with Crippen molar-refractivity contribution < 1.29 is 15.0 Å². The van der Waals surface area contributed by atoms with Crippen LogP contribution in [0.1, 0.15) is 5.56 Å². The van der Waals surface area contributed by atoms with Gasteiger partial charge in [-0.15, -0.1) is 0 Å². The van der Waals surface area contributed by atoms with Crippen molar-refractivity contribution in [2.45, 2.75) is 6.42 Å². The molecule has 0 aliphatic carbocycles. The Morgan fingerprint density at radius 3 is 2.12 bits per heavy atom. The number of hydrogen-bond acceptors (Lipinski definition) is 3. The van der Waals surface area contributed by atoms with E-state index in [2.05, 4.69) is 0 Å². The van der Waals surface area contributed by atoms with Gasteiger partial charge in [0, 0.05) is 13.1 Å². The number of benzene rings is 1. The molecule has 4 heteroatoms. The van der Waals surface area contributed by atoms with E-state index in [1.165, 1.54) is 4.90 Å². The third-order valence-electron chi connectivity index (χ3n) is 2.29. The molecule has 2 N–H and O–H groups in total. The number of carbonyl (C=O) groups is 1. The van der Waals surface area contributed by atoms with Gasteiger partial charge in [0.1, 0.15) is 0 Å². The van der Waals surface area contributed by atoms with Gasteiger partial charge in [-0.3, -0.25) is 4.79 Å². The van der Waals surface area contributed by atoms with Gasteiger partial charge in [-0.25, -0.2) is 0 Å². The van der Waals surface area contributed by atoms with E-state index in [0.717, 1.165) is 5.56 Å². The molecule has 1 rings (SSSR count). The van der Waals surface area contributed by atoms with Crippen molar-refractivity contribution in [2.24, 2.45) is 0 Å². The third kappa shape index (κ3) is 4.00. The van der Waals surface area contributed by atoms with E-state index in [-0.39, 0.29) is 32.2 Å². The van der Waals surface area contributed by atoms with E-state index in [4.69, 9.17) is 10.2 Å². The molecule has 4 nitrogen and oxygen atoms in total. The Labute approximate surface area is 95.1 Å². The minimum absolute atomic E-state index is 0.0747. The molecule has 16 heavy (non-hydrogen) atoms. The van der Waals surface area contributed by atoms with Crippen molar-refractivity contribution in [1.82, 2.24) is 4.90 Å². The number of amides is 1. The maximum atomic E-state index is 11.8. The summed E-state index contributed by atoms with van der Waals surface area (Å²) in [5, 5.41) is 17.6. The Bertz CT molecular complexity index is 307. The molecule has 1 amide bonds. The first-order chi connectivity index (χ1) is 7.77. The lowest BCUT2D eigenvalue weighted by Gasteiger charge is -2.20. The maximum absolute atomic E-state index is 11.8. The van der Waals surface area contributed by atoms with Gasteiger partial charge in [-0.2, -0.15) is 0 Å². The molecule has 0 spiro atoms.